The summed E-state index contributed by atoms with van der Waals surface area (Å²) >= 11 is 0. The first kappa shape index (κ1) is 7.97. The smallest absolute Gasteiger partial charge is 0.356 e. The minimum Gasteiger partial charge on any atom is -0.476 e. The van der Waals surface area contributed by atoms with Gasteiger partial charge < -0.3 is 10.8 Å². The van der Waals surface area contributed by atoms with E-state index >= 15 is 0 Å². The van der Waals surface area contributed by atoms with E-state index < -0.39 is 5.97 Å². The summed E-state index contributed by atoms with van der Waals surface area (Å²) in [6.45, 7) is 0. The number of carboxylic acid groups (broad SMARTS) is 1. The molecule has 0 radical (unpaired) electrons. The fourth-order valence-electron chi connectivity index (χ4n) is 1.19. The summed E-state index contributed by atoms with van der Waals surface area (Å²) in [4.78, 5) is 10.5. The summed E-state index contributed by atoms with van der Waals surface area (Å²) in [5.74, 6) is -0.697. The van der Waals surface area contributed by atoms with Gasteiger partial charge in [-0.1, -0.05) is 0 Å². The van der Waals surface area contributed by atoms with Crippen LogP contribution in [0, 0.1) is 0 Å². The molecule has 1 aliphatic rings. The van der Waals surface area contributed by atoms with Crippen LogP contribution in [-0.4, -0.2) is 21.3 Å². The lowest BCUT2D eigenvalue weighted by Crippen LogP contribution is -2.06. The SMILES string of the molecule is Nc1cc(C(=O)O)nnc1C1CC1. The highest BCUT2D eigenvalue weighted by Gasteiger charge is 2.28. The summed E-state index contributed by atoms with van der Waals surface area (Å²) in [6, 6.07) is 1.36. The minimum absolute atomic E-state index is 0.0955. The van der Waals surface area contributed by atoms with Crippen molar-refractivity contribution in [2.75, 3.05) is 5.73 Å². The molecule has 1 heterocycles. The number of hydrogen-bond acceptors (Lipinski definition) is 4. The van der Waals surface area contributed by atoms with Crippen molar-refractivity contribution in [3.8, 4) is 0 Å². The van der Waals surface area contributed by atoms with Crippen LogP contribution in [0.3, 0.4) is 0 Å². The van der Waals surface area contributed by atoms with Crippen molar-refractivity contribution in [3.05, 3.63) is 17.5 Å². The zero-order valence-electron chi connectivity index (χ0n) is 6.90. The second-order valence-electron chi connectivity index (χ2n) is 3.15. The van der Waals surface area contributed by atoms with Crippen LogP contribution < -0.4 is 5.73 Å². The quantitative estimate of drug-likeness (QED) is 0.695. The van der Waals surface area contributed by atoms with Gasteiger partial charge in [0.25, 0.3) is 0 Å². The zero-order valence-corrected chi connectivity index (χ0v) is 6.90. The fraction of sp³-hybridized carbons (Fsp3) is 0.375. The largest absolute Gasteiger partial charge is 0.476 e. The first-order valence-corrected chi connectivity index (χ1v) is 4.05. The minimum atomic E-state index is -1.10. The molecule has 0 spiro atoms. The molecule has 2 rings (SSSR count). The van der Waals surface area contributed by atoms with Crippen LogP contribution >= 0.6 is 0 Å². The molecule has 0 atom stereocenters. The second-order valence-corrected chi connectivity index (χ2v) is 3.15. The molecule has 13 heavy (non-hydrogen) atoms. The van der Waals surface area contributed by atoms with E-state index in [2.05, 4.69) is 10.2 Å². The zero-order chi connectivity index (χ0) is 9.42. The molecular formula is C8H9N3O2. The second kappa shape index (κ2) is 2.69. The molecule has 1 aromatic rings. The molecule has 0 aliphatic heterocycles. The molecule has 0 aromatic carbocycles. The molecule has 0 bridgehead atoms. The third-order valence-corrected chi connectivity index (χ3v) is 2.04. The maximum atomic E-state index is 10.5. The predicted molar refractivity (Wildman–Crippen MR) is 45.4 cm³/mol. The molecule has 1 fully saturated rings. The van der Waals surface area contributed by atoms with Gasteiger partial charge in [0.05, 0.1) is 11.4 Å². The maximum absolute atomic E-state index is 10.5. The Balaban J connectivity index is 2.36. The average Bonchev–Trinajstić information content (AvgIpc) is 2.87. The maximum Gasteiger partial charge on any atom is 0.356 e. The standard InChI is InChI=1S/C8H9N3O2/c9-5-3-6(8(12)13)10-11-7(5)4-1-2-4/h3-4H,1-2H2,(H2,9,10)(H,12,13). The van der Waals surface area contributed by atoms with Crippen molar-refractivity contribution in [2.24, 2.45) is 0 Å². The highest BCUT2D eigenvalue weighted by Crippen LogP contribution is 2.41. The molecule has 5 heteroatoms. The van der Waals surface area contributed by atoms with E-state index in [1.165, 1.54) is 6.07 Å². The molecule has 3 N–H and O–H groups in total. The Bertz CT molecular complexity index is 360. The highest BCUT2D eigenvalue weighted by molar-refractivity contribution is 5.86. The van der Waals surface area contributed by atoms with Crippen LogP contribution in [0.4, 0.5) is 5.69 Å². The first-order chi connectivity index (χ1) is 6.18. The van der Waals surface area contributed by atoms with Crippen LogP contribution in [0.25, 0.3) is 0 Å². The van der Waals surface area contributed by atoms with E-state index in [1.54, 1.807) is 0 Å². The van der Waals surface area contributed by atoms with Gasteiger partial charge in [-0.25, -0.2) is 4.79 Å². The number of nitrogens with two attached hydrogens (primary N) is 1. The lowest BCUT2D eigenvalue weighted by Gasteiger charge is -2.01. The first-order valence-electron chi connectivity index (χ1n) is 4.05. The lowest BCUT2D eigenvalue weighted by atomic mass is 10.2. The number of rotatable bonds is 2. The molecule has 1 aliphatic carbocycles. The number of aromatic carboxylic acids is 1. The Morgan fingerprint density at radius 2 is 2.23 bits per heavy atom. The van der Waals surface area contributed by atoms with Crippen molar-refractivity contribution < 1.29 is 9.90 Å². The monoisotopic (exact) mass is 179 g/mol. The van der Waals surface area contributed by atoms with E-state index in [-0.39, 0.29) is 5.69 Å². The van der Waals surface area contributed by atoms with Crippen molar-refractivity contribution in [1.82, 2.24) is 10.2 Å². The molecule has 0 saturated heterocycles. The number of carboxylic acids is 1. The molecule has 0 amide bonds. The molecule has 1 saturated carbocycles. The third kappa shape index (κ3) is 1.44. The highest BCUT2D eigenvalue weighted by atomic mass is 16.4. The van der Waals surface area contributed by atoms with Gasteiger partial charge in [0, 0.05) is 5.92 Å². The van der Waals surface area contributed by atoms with E-state index in [9.17, 15) is 4.79 Å². The molecule has 68 valence electrons. The van der Waals surface area contributed by atoms with Crippen molar-refractivity contribution in [3.63, 3.8) is 0 Å². The van der Waals surface area contributed by atoms with Crippen LogP contribution in [0.5, 0.6) is 0 Å². The topological polar surface area (TPSA) is 89.1 Å². The Morgan fingerprint density at radius 3 is 2.69 bits per heavy atom. The molecule has 5 nitrogen and oxygen atoms in total. The van der Waals surface area contributed by atoms with Gasteiger partial charge in [-0.2, -0.15) is 5.10 Å². The summed E-state index contributed by atoms with van der Waals surface area (Å²) < 4.78 is 0. The Morgan fingerprint density at radius 1 is 1.54 bits per heavy atom. The Hall–Kier alpha value is -1.65. The van der Waals surface area contributed by atoms with E-state index in [4.69, 9.17) is 10.8 Å². The van der Waals surface area contributed by atoms with Gasteiger partial charge in [0.15, 0.2) is 5.69 Å². The van der Waals surface area contributed by atoms with Crippen molar-refractivity contribution in [2.45, 2.75) is 18.8 Å². The molecular weight excluding hydrogens is 170 g/mol. The van der Waals surface area contributed by atoms with E-state index in [1.807, 2.05) is 0 Å². The number of nitrogens with zero attached hydrogens (tertiary/aromatic N) is 2. The average molecular weight is 179 g/mol. The van der Waals surface area contributed by atoms with E-state index in [0.717, 1.165) is 18.5 Å². The van der Waals surface area contributed by atoms with Gasteiger partial charge >= 0.3 is 5.97 Å². The lowest BCUT2D eigenvalue weighted by molar-refractivity contribution is 0.0689. The van der Waals surface area contributed by atoms with E-state index in [0.29, 0.717) is 11.6 Å². The van der Waals surface area contributed by atoms with Crippen LogP contribution in [0.2, 0.25) is 0 Å². The number of hydrogen-bond donors (Lipinski definition) is 2. The van der Waals surface area contributed by atoms with Gasteiger partial charge in [-0.15, -0.1) is 5.10 Å². The Labute approximate surface area is 74.6 Å². The Kier molecular flexibility index (Phi) is 1.65. The number of carbonyl (C=O) groups is 1. The number of anilines is 1. The van der Waals surface area contributed by atoms with Crippen molar-refractivity contribution in [1.29, 1.82) is 0 Å². The van der Waals surface area contributed by atoms with Gasteiger partial charge in [-0.3, -0.25) is 0 Å². The summed E-state index contributed by atoms with van der Waals surface area (Å²) in [7, 11) is 0. The molecule has 0 unspecified atom stereocenters. The van der Waals surface area contributed by atoms with Crippen LogP contribution in [0.15, 0.2) is 6.07 Å². The number of nitrogen functional groups attached to an aromatic ring is 1. The summed E-state index contributed by atoms with van der Waals surface area (Å²) in [6.07, 6.45) is 2.15. The third-order valence-electron chi connectivity index (χ3n) is 2.04. The van der Waals surface area contributed by atoms with Gasteiger partial charge in [-0.05, 0) is 18.9 Å². The van der Waals surface area contributed by atoms with Gasteiger partial charge in [0.1, 0.15) is 0 Å². The van der Waals surface area contributed by atoms with Crippen LogP contribution in [-0.2, 0) is 0 Å². The summed E-state index contributed by atoms with van der Waals surface area (Å²) in [5.41, 5.74) is 6.72. The van der Waals surface area contributed by atoms with Crippen LogP contribution in [0.1, 0.15) is 34.9 Å². The predicted octanol–water partition coefficient (Wildman–Crippen LogP) is 0.634. The normalized spacial score (nSPS) is 15.7. The van der Waals surface area contributed by atoms with Gasteiger partial charge in [0.2, 0.25) is 0 Å². The summed E-state index contributed by atoms with van der Waals surface area (Å²) in [5, 5.41) is 16.0. The number of aromatic nitrogens is 2. The fourth-order valence-corrected chi connectivity index (χ4v) is 1.19. The van der Waals surface area contributed by atoms with Crippen molar-refractivity contribution >= 4 is 11.7 Å². The molecule has 1 aromatic heterocycles.